The first-order chi connectivity index (χ1) is 15.1. The van der Waals surface area contributed by atoms with Gasteiger partial charge in [0.1, 0.15) is 0 Å². The molecule has 1 aromatic heterocycles. The van der Waals surface area contributed by atoms with Crippen molar-refractivity contribution in [3.8, 4) is 22.5 Å². The summed E-state index contributed by atoms with van der Waals surface area (Å²) in [4.78, 5) is 20.6. The molecule has 0 saturated carbocycles. The highest BCUT2D eigenvalue weighted by atomic mass is 35.5. The Morgan fingerprint density at radius 1 is 1.00 bits per heavy atom. The number of thioether (sulfide) groups is 1. The van der Waals surface area contributed by atoms with Gasteiger partial charge in [-0.1, -0.05) is 90.1 Å². The highest BCUT2D eigenvalue weighted by Gasteiger charge is 2.15. The average molecular weight is 448 g/mol. The zero-order valence-corrected chi connectivity index (χ0v) is 18.6. The molecule has 2 N–H and O–H groups in total. The fraction of sp³-hybridized carbons (Fsp3) is 0.120. The topological polar surface area (TPSA) is 57.8 Å². The molecule has 0 unspecified atom stereocenters. The number of aryl methyl sites for hydroxylation is 1. The molecule has 4 rings (SSSR count). The molecule has 156 valence electrons. The van der Waals surface area contributed by atoms with Crippen molar-refractivity contribution in [2.75, 3.05) is 11.1 Å². The Hall–Kier alpha value is -3.02. The fourth-order valence-electron chi connectivity index (χ4n) is 3.22. The van der Waals surface area contributed by atoms with Gasteiger partial charge in [-0.15, -0.1) is 0 Å². The van der Waals surface area contributed by atoms with Crippen molar-refractivity contribution in [1.29, 1.82) is 0 Å². The van der Waals surface area contributed by atoms with E-state index in [9.17, 15) is 4.79 Å². The Morgan fingerprint density at radius 3 is 2.39 bits per heavy atom. The first kappa shape index (κ1) is 21.2. The van der Waals surface area contributed by atoms with Crippen molar-refractivity contribution >= 4 is 35.0 Å². The average Bonchev–Trinajstić information content (AvgIpc) is 3.22. The Bertz CT molecular complexity index is 1120. The Balaban J connectivity index is 1.46. The van der Waals surface area contributed by atoms with Crippen molar-refractivity contribution in [3.05, 3.63) is 89.4 Å². The third kappa shape index (κ3) is 5.37. The van der Waals surface area contributed by atoms with Crippen molar-refractivity contribution in [2.24, 2.45) is 0 Å². The van der Waals surface area contributed by atoms with Crippen molar-refractivity contribution < 1.29 is 4.79 Å². The third-order valence-electron chi connectivity index (χ3n) is 4.83. The number of aromatic nitrogens is 2. The fourth-order valence-corrected chi connectivity index (χ4v) is 4.20. The van der Waals surface area contributed by atoms with Crippen LogP contribution >= 0.6 is 23.4 Å². The molecular weight excluding hydrogens is 426 g/mol. The number of amides is 1. The van der Waals surface area contributed by atoms with E-state index in [1.165, 1.54) is 11.8 Å². The Labute approximate surface area is 191 Å². The molecule has 0 aliphatic heterocycles. The smallest absolute Gasteiger partial charge is 0.225 e. The summed E-state index contributed by atoms with van der Waals surface area (Å²) < 4.78 is 0. The molecule has 4 aromatic rings. The molecule has 6 heteroatoms. The number of benzene rings is 3. The first-order valence-electron chi connectivity index (χ1n) is 10.00. The highest BCUT2D eigenvalue weighted by Crippen LogP contribution is 2.32. The number of halogens is 1. The zero-order valence-electron chi connectivity index (χ0n) is 17.1. The number of carbonyl (C=O) groups excluding carboxylic acids is 1. The van der Waals surface area contributed by atoms with Crippen molar-refractivity contribution in [1.82, 2.24) is 9.97 Å². The zero-order chi connectivity index (χ0) is 21.6. The van der Waals surface area contributed by atoms with Gasteiger partial charge in [-0.2, -0.15) is 0 Å². The number of carbonyl (C=O) groups is 1. The summed E-state index contributed by atoms with van der Waals surface area (Å²) in [6, 6.07) is 25.8. The number of hydrogen-bond donors (Lipinski definition) is 2. The predicted molar refractivity (Wildman–Crippen MR) is 130 cm³/mol. The Morgan fingerprint density at radius 2 is 1.68 bits per heavy atom. The molecular formula is C25H22ClN3OS. The lowest BCUT2D eigenvalue weighted by atomic mass is 10.1. The van der Waals surface area contributed by atoms with E-state index in [4.69, 9.17) is 16.6 Å². The van der Waals surface area contributed by atoms with Gasteiger partial charge in [-0.05, 0) is 24.6 Å². The Kier molecular flexibility index (Phi) is 6.75. The molecule has 0 fully saturated rings. The monoisotopic (exact) mass is 447 g/mol. The minimum absolute atomic E-state index is 0.0454. The van der Waals surface area contributed by atoms with Gasteiger partial charge in [-0.25, -0.2) is 4.98 Å². The van der Waals surface area contributed by atoms with Crippen LogP contribution in [0.5, 0.6) is 0 Å². The number of anilines is 1. The van der Waals surface area contributed by atoms with Crippen molar-refractivity contribution in [2.45, 2.75) is 18.5 Å². The molecule has 0 aliphatic carbocycles. The van der Waals surface area contributed by atoms with E-state index < -0.39 is 0 Å². The molecule has 0 atom stereocenters. The number of nitrogens with zero attached hydrogens (tertiary/aromatic N) is 1. The standard InChI is InChI=1S/C25H22ClN3OS/c1-17-12-13-20(26)16-21(17)27-22(30)14-15-31-25-28-23(18-8-4-2-5-9-18)24(29-25)19-10-6-3-7-11-19/h2-13,16H,14-15H2,1H3,(H,27,30)(H,28,29). The summed E-state index contributed by atoms with van der Waals surface area (Å²) in [5.41, 5.74) is 5.75. The SMILES string of the molecule is Cc1ccc(Cl)cc1NC(=O)CCSc1nc(-c2ccccc2)c(-c2ccccc2)[nH]1. The van der Waals surface area contributed by atoms with Crippen LogP contribution < -0.4 is 5.32 Å². The second-order valence-corrected chi connectivity index (χ2v) is 8.62. The van der Waals surface area contributed by atoms with Crippen LogP contribution in [-0.4, -0.2) is 21.6 Å². The summed E-state index contributed by atoms with van der Waals surface area (Å²) in [6.45, 7) is 1.94. The van der Waals surface area contributed by atoms with Crippen LogP contribution in [0.25, 0.3) is 22.5 Å². The maximum Gasteiger partial charge on any atom is 0.225 e. The predicted octanol–water partition coefficient (Wildman–Crippen LogP) is 6.83. The van der Waals surface area contributed by atoms with E-state index in [0.29, 0.717) is 17.2 Å². The van der Waals surface area contributed by atoms with E-state index in [1.54, 1.807) is 6.07 Å². The molecule has 3 aromatic carbocycles. The molecule has 4 nitrogen and oxygen atoms in total. The van der Waals surface area contributed by atoms with Gasteiger partial charge in [0.05, 0.1) is 11.4 Å². The number of nitrogens with one attached hydrogen (secondary N) is 2. The van der Waals surface area contributed by atoms with E-state index in [-0.39, 0.29) is 5.91 Å². The molecule has 0 bridgehead atoms. The van der Waals surface area contributed by atoms with Gasteiger partial charge < -0.3 is 10.3 Å². The number of imidazole rings is 1. The van der Waals surface area contributed by atoms with Gasteiger partial charge in [0, 0.05) is 34.0 Å². The summed E-state index contributed by atoms with van der Waals surface area (Å²) >= 11 is 7.57. The highest BCUT2D eigenvalue weighted by molar-refractivity contribution is 7.99. The minimum atomic E-state index is -0.0454. The minimum Gasteiger partial charge on any atom is -0.332 e. The lowest BCUT2D eigenvalue weighted by Crippen LogP contribution is -2.13. The quantitative estimate of drug-likeness (QED) is 0.305. The van der Waals surface area contributed by atoms with Crippen LogP contribution in [0.2, 0.25) is 5.02 Å². The molecule has 1 amide bonds. The normalized spacial score (nSPS) is 10.8. The molecule has 31 heavy (non-hydrogen) atoms. The second-order valence-electron chi connectivity index (χ2n) is 7.10. The van der Waals surface area contributed by atoms with Gasteiger partial charge >= 0.3 is 0 Å². The number of rotatable bonds is 7. The van der Waals surface area contributed by atoms with Crippen LogP contribution in [0, 0.1) is 6.92 Å². The summed E-state index contributed by atoms with van der Waals surface area (Å²) in [6.07, 6.45) is 0.374. The third-order valence-corrected chi connectivity index (χ3v) is 5.94. The van der Waals surface area contributed by atoms with E-state index >= 15 is 0 Å². The van der Waals surface area contributed by atoms with Crippen LogP contribution in [0.3, 0.4) is 0 Å². The summed E-state index contributed by atoms with van der Waals surface area (Å²) in [7, 11) is 0. The van der Waals surface area contributed by atoms with Gasteiger partial charge in [0.2, 0.25) is 5.91 Å². The molecule has 1 heterocycles. The summed E-state index contributed by atoms with van der Waals surface area (Å²) in [5, 5.41) is 4.34. The lowest BCUT2D eigenvalue weighted by Gasteiger charge is -2.08. The molecule has 0 aliphatic rings. The van der Waals surface area contributed by atoms with Gasteiger partial charge in [0.15, 0.2) is 5.16 Å². The maximum atomic E-state index is 12.4. The first-order valence-corrected chi connectivity index (χ1v) is 11.4. The van der Waals surface area contributed by atoms with Crippen molar-refractivity contribution in [3.63, 3.8) is 0 Å². The molecule has 0 spiro atoms. The van der Waals surface area contributed by atoms with Crippen LogP contribution in [0.15, 0.2) is 84.0 Å². The lowest BCUT2D eigenvalue weighted by molar-refractivity contribution is -0.115. The number of H-pyrrole nitrogens is 1. The molecule has 0 radical (unpaired) electrons. The van der Waals surface area contributed by atoms with E-state index in [2.05, 4.69) is 34.6 Å². The van der Waals surface area contributed by atoms with Crippen LogP contribution in [0.4, 0.5) is 5.69 Å². The van der Waals surface area contributed by atoms with Gasteiger partial charge in [0.25, 0.3) is 0 Å². The van der Waals surface area contributed by atoms with Crippen LogP contribution in [0.1, 0.15) is 12.0 Å². The number of aromatic amines is 1. The maximum absolute atomic E-state index is 12.4. The van der Waals surface area contributed by atoms with E-state index in [0.717, 1.165) is 38.9 Å². The summed E-state index contributed by atoms with van der Waals surface area (Å²) in [5.74, 6) is 0.567. The van der Waals surface area contributed by atoms with Gasteiger partial charge in [-0.3, -0.25) is 4.79 Å². The van der Waals surface area contributed by atoms with E-state index in [1.807, 2.05) is 55.5 Å². The molecule has 0 saturated heterocycles. The second kappa shape index (κ2) is 9.86. The van der Waals surface area contributed by atoms with Crippen LogP contribution in [-0.2, 0) is 4.79 Å². The number of hydrogen-bond acceptors (Lipinski definition) is 3. The largest absolute Gasteiger partial charge is 0.332 e.